The Morgan fingerprint density at radius 2 is 1.96 bits per heavy atom. The molecule has 0 saturated carbocycles. The average molecular weight is 364 g/mol. The molecule has 0 N–H and O–H groups in total. The van der Waals surface area contributed by atoms with Crippen molar-refractivity contribution in [2.75, 3.05) is 7.11 Å². The van der Waals surface area contributed by atoms with Crippen molar-refractivity contribution >= 4 is 22.6 Å². The monoisotopic (exact) mass is 364 g/mol. The molecule has 0 unspecified atom stereocenters. The molecule has 136 valence electrons. The number of furan rings is 1. The summed E-state index contributed by atoms with van der Waals surface area (Å²) in [6, 6.07) is 13.9. The van der Waals surface area contributed by atoms with Gasteiger partial charge in [0.15, 0.2) is 0 Å². The van der Waals surface area contributed by atoms with Crippen LogP contribution in [0.1, 0.15) is 21.8 Å². The van der Waals surface area contributed by atoms with Crippen LogP contribution in [0.2, 0.25) is 0 Å². The van der Waals surface area contributed by atoms with E-state index < -0.39 is 5.97 Å². The van der Waals surface area contributed by atoms with Crippen molar-refractivity contribution in [3.8, 4) is 0 Å². The van der Waals surface area contributed by atoms with E-state index in [4.69, 9.17) is 13.9 Å². The first-order valence-corrected chi connectivity index (χ1v) is 8.31. The molecule has 7 nitrogen and oxygen atoms in total. The van der Waals surface area contributed by atoms with Gasteiger partial charge in [0.25, 0.3) is 5.56 Å². The van der Waals surface area contributed by atoms with Crippen LogP contribution in [0, 0.1) is 0 Å². The quantitative estimate of drug-likeness (QED) is 0.506. The van der Waals surface area contributed by atoms with E-state index in [1.807, 2.05) is 18.2 Å². The maximum Gasteiger partial charge on any atom is 0.375 e. The van der Waals surface area contributed by atoms with Crippen molar-refractivity contribution < 1.29 is 18.7 Å². The van der Waals surface area contributed by atoms with Gasteiger partial charge in [-0.1, -0.05) is 24.3 Å². The maximum atomic E-state index is 12.5. The molecule has 7 heteroatoms. The highest BCUT2D eigenvalue weighted by molar-refractivity contribution is 5.96. The summed E-state index contributed by atoms with van der Waals surface area (Å²) < 4.78 is 17.6. The van der Waals surface area contributed by atoms with E-state index in [1.54, 1.807) is 37.6 Å². The number of aromatic nitrogens is 2. The molecule has 0 atom stereocenters. The van der Waals surface area contributed by atoms with Crippen molar-refractivity contribution in [1.29, 1.82) is 0 Å². The van der Waals surface area contributed by atoms with Crippen LogP contribution in [0.5, 0.6) is 0 Å². The molecule has 0 radical (unpaired) electrons. The van der Waals surface area contributed by atoms with Crippen LogP contribution in [-0.2, 0) is 22.7 Å². The zero-order valence-corrected chi connectivity index (χ0v) is 14.5. The molecule has 0 aliphatic heterocycles. The van der Waals surface area contributed by atoms with Gasteiger partial charge in [0.05, 0.1) is 12.3 Å². The second-order valence-corrected chi connectivity index (χ2v) is 5.93. The van der Waals surface area contributed by atoms with Crippen LogP contribution in [-0.4, -0.2) is 22.5 Å². The van der Waals surface area contributed by atoms with E-state index in [9.17, 15) is 9.59 Å². The van der Waals surface area contributed by atoms with Crippen LogP contribution in [0.25, 0.3) is 16.6 Å². The van der Waals surface area contributed by atoms with Crippen LogP contribution >= 0.6 is 0 Å². The third-order valence-corrected chi connectivity index (χ3v) is 4.15. The Morgan fingerprint density at radius 1 is 1.15 bits per heavy atom. The number of fused-ring (bicyclic) bond motifs is 2. The summed E-state index contributed by atoms with van der Waals surface area (Å²) in [5.41, 5.74) is 1.82. The lowest BCUT2D eigenvalue weighted by Gasteiger charge is -2.06. The predicted octanol–water partition coefficient (Wildman–Crippen LogP) is 2.94. The standard InChI is InChI=1S/C20H16N2O5/c1-25-12-15-14-6-2-3-7-16(14)27-19(15)20(24)26-11-13-10-18(23)22-9-5-4-8-17(22)21-13/h2-10H,11-12H2,1H3. The van der Waals surface area contributed by atoms with E-state index in [0.717, 1.165) is 5.39 Å². The number of hydrogen-bond donors (Lipinski definition) is 0. The van der Waals surface area contributed by atoms with Gasteiger partial charge in [-0.3, -0.25) is 9.20 Å². The minimum Gasteiger partial charge on any atom is -0.453 e. The SMILES string of the molecule is COCc1c(C(=O)OCc2cc(=O)n3ccccc3n2)oc2ccccc12. The van der Waals surface area contributed by atoms with Gasteiger partial charge < -0.3 is 13.9 Å². The van der Waals surface area contributed by atoms with Gasteiger partial charge in [-0.15, -0.1) is 0 Å². The summed E-state index contributed by atoms with van der Waals surface area (Å²) in [6.07, 6.45) is 1.63. The summed E-state index contributed by atoms with van der Waals surface area (Å²) >= 11 is 0. The number of rotatable bonds is 5. The molecule has 0 fully saturated rings. The molecular formula is C20H16N2O5. The fourth-order valence-electron chi connectivity index (χ4n) is 2.93. The molecular weight excluding hydrogens is 348 g/mol. The van der Waals surface area contributed by atoms with E-state index in [2.05, 4.69) is 4.98 Å². The van der Waals surface area contributed by atoms with Gasteiger partial charge in [0.2, 0.25) is 5.76 Å². The molecule has 27 heavy (non-hydrogen) atoms. The van der Waals surface area contributed by atoms with E-state index in [-0.39, 0.29) is 24.5 Å². The number of carbonyl (C=O) groups is 1. The van der Waals surface area contributed by atoms with Gasteiger partial charge in [-0.2, -0.15) is 0 Å². The molecule has 1 aromatic carbocycles. The molecule has 3 aromatic heterocycles. The van der Waals surface area contributed by atoms with Crippen LogP contribution in [0.3, 0.4) is 0 Å². The zero-order valence-electron chi connectivity index (χ0n) is 14.5. The van der Waals surface area contributed by atoms with Gasteiger partial charge in [0, 0.05) is 30.3 Å². The molecule has 0 saturated heterocycles. The van der Waals surface area contributed by atoms with Gasteiger partial charge >= 0.3 is 5.97 Å². The normalized spacial score (nSPS) is 11.1. The number of hydrogen-bond acceptors (Lipinski definition) is 6. The first-order chi connectivity index (χ1) is 13.2. The Balaban J connectivity index is 1.61. The number of carbonyl (C=O) groups excluding carboxylic acids is 1. The Kier molecular flexibility index (Phi) is 4.43. The smallest absolute Gasteiger partial charge is 0.375 e. The van der Waals surface area contributed by atoms with E-state index >= 15 is 0 Å². The minimum absolute atomic E-state index is 0.0931. The number of para-hydroxylation sites is 1. The molecule has 0 spiro atoms. The molecule has 0 amide bonds. The number of nitrogens with zero attached hydrogens (tertiary/aromatic N) is 2. The van der Waals surface area contributed by atoms with Crippen molar-refractivity contribution in [2.45, 2.75) is 13.2 Å². The van der Waals surface area contributed by atoms with Gasteiger partial charge in [-0.05, 0) is 18.2 Å². The van der Waals surface area contributed by atoms with Crippen molar-refractivity contribution in [2.24, 2.45) is 0 Å². The van der Waals surface area contributed by atoms with Gasteiger partial charge in [0.1, 0.15) is 17.8 Å². The molecule has 0 bridgehead atoms. The van der Waals surface area contributed by atoms with Gasteiger partial charge in [-0.25, -0.2) is 9.78 Å². The van der Waals surface area contributed by atoms with E-state index in [0.29, 0.717) is 22.5 Å². The Morgan fingerprint density at radius 3 is 2.81 bits per heavy atom. The highest BCUT2D eigenvalue weighted by Crippen LogP contribution is 2.27. The third-order valence-electron chi connectivity index (χ3n) is 4.15. The van der Waals surface area contributed by atoms with Crippen LogP contribution < -0.4 is 5.56 Å². The number of benzene rings is 1. The predicted molar refractivity (Wildman–Crippen MR) is 97.5 cm³/mol. The second-order valence-electron chi connectivity index (χ2n) is 5.93. The average Bonchev–Trinajstić information content (AvgIpc) is 3.05. The zero-order chi connectivity index (χ0) is 18.8. The highest BCUT2D eigenvalue weighted by atomic mass is 16.5. The van der Waals surface area contributed by atoms with Crippen molar-refractivity contribution in [3.05, 3.63) is 82.1 Å². The number of pyridine rings is 1. The lowest BCUT2D eigenvalue weighted by molar-refractivity contribution is 0.0427. The Hall–Kier alpha value is -3.45. The number of esters is 1. The van der Waals surface area contributed by atoms with Crippen LogP contribution in [0.15, 0.2) is 63.9 Å². The first kappa shape index (κ1) is 17.0. The number of ether oxygens (including phenoxy) is 2. The second kappa shape index (κ2) is 7.05. The minimum atomic E-state index is -0.631. The summed E-state index contributed by atoms with van der Waals surface area (Å²) in [5.74, 6) is -0.538. The third kappa shape index (κ3) is 3.20. The fourth-order valence-corrected chi connectivity index (χ4v) is 2.93. The Labute approximate surface area is 153 Å². The van der Waals surface area contributed by atoms with E-state index in [1.165, 1.54) is 10.5 Å². The lowest BCUT2D eigenvalue weighted by Crippen LogP contribution is -2.16. The largest absolute Gasteiger partial charge is 0.453 e. The first-order valence-electron chi connectivity index (χ1n) is 8.31. The summed E-state index contributed by atoms with van der Waals surface area (Å²) in [7, 11) is 1.54. The highest BCUT2D eigenvalue weighted by Gasteiger charge is 2.22. The lowest BCUT2D eigenvalue weighted by atomic mass is 10.1. The topological polar surface area (TPSA) is 83.0 Å². The Bertz CT molecular complexity index is 1190. The maximum absolute atomic E-state index is 12.5. The summed E-state index contributed by atoms with van der Waals surface area (Å²) in [6.45, 7) is 0.0833. The van der Waals surface area contributed by atoms with Crippen LogP contribution in [0.4, 0.5) is 0 Å². The number of methoxy groups -OCH3 is 1. The summed E-state index contributed by atoms with van der Waals surface area (Å²) in [4.78, 5) is 29.0. The molecule has 4 rings (SSSR count). The summed E-state index contributed by atoms with van der Waals surface area (Å²) in [5, 5.41) is 0.799. The molecule has 3 heterocycles. The van der Waals surface area contributed by atoms with Crippen molar-refractivity contribution in [3.63, 3.8) is 0 Å². The van der Waals surface area contributed by atoms with Crippen molar-refractivity contribution in [1.82, 2.24) is 9.38 Å². The molecule has 4 aromatic rings. The molecule has 0 aliphatic rings. The molecule has 0 aliphatic carbocycles. The fraction of sp³-hybridized carbons (Fsp3) is 0.150.